The minimum atomic E-state index is 0.404. The second kappa shape index (κ2) is 5.30. The van der Waals surface area contributed by atoms with E-state index in [2.05, 4.69) is 32.5 Å². The van der Waals surface area contributed by atoms with Gasteiger partial charge in [-0.25, -0.2) is 0 Å². The monoisotopic (exact) mass is 274 g/mol. The SMILES string of the molecule is c1cc(N2CCOC3CCCC32)nnc1CNC1CC1. The van der Waals surface area contributed by atoms with Crippen LogP contribution in [0.3, 0.4) is 0 Å². The number of aromatic nitrogens is 2. The highest BCUT2D eigenvalue weighted by Gasteiger charge is 2.36. The molecule has 0 spiro atoms. The Labute approximate surface area is 119 Å². The molecule has 5 nitrogen and oxygen atoms in total. The van der Waals surface area contributed by atoms with Gasteiger partial charge >= 0.3 is 0 Å². The van der Waals surface area contributed by atoms with Gasteiger partial charge in [0.25, 0.3) is 0 Å². The summed E-state index contributed by atoms with van der Waals surface area (Å²) in [5.74, 6) is 1.01. The summed E-state index contributed by atoms with van der Waals surface area (Å²) in [4.78, 5) is 2.40. The van der Waals surface area contributed by atoms with Crippen LogP contribution in [-0.4, -0.2) is 41.5 Å². The quantitative estimate of drug-likeness (QED) is 0.901. The van der Waals surface area contributed by atoms with E-state index in [0.29, 0.717) is 12.1 Å². The maximum Gasteiger partial charge on any atom is 0.151 e. The number of hydrogen-bond donors (Lipinski definition) is 1. The molecular weight excluding hydrogens is 252 g/mol. The second-order valence-electron chi connectivity index (χ2n) is 6.14. The topological polar surface area (TPSA) is 50.3 Å². The standard InChI is InChI=1S/C15H22N4O/c1-2-13-14(3-1)20-9-8-19(13)15-7-6-12(17-18-15)10-16-11-4-5-11/h6-7,11,13-14,16H,1-5,8-10H2. The predicted molar refractivity (Wildman–Crippen MR) is 76.6 cm³/mol. The normalized spacial score (nSPS) is 29.5. The summed E-state index contributed by atoms with van der Waals surface area (Å²) in [6.45, 7) is 2.59. The average Bonchev–Trinajstić information content (AvgIpc) is 3.20. The lowest BCUT2D eigenvalue weighted by atomic mass is 10.1. The van der Waals surface area contributed by atoms with E-state index in [0.717, 1.165) is 37.3 Å². The first-order chi connectivity index (χ1) is 9.90. The van der Waals surface area contributed by atoms with Gasteiger partial charge in [0, 0.05) is 19.1 Å². The van der Waals surface area contributed by atoms with Crippen LogP contribution >= 0.6 is 0 Å². The van der Waals surface area contributed by atoms with E-state index in [9.17, 15) is 0 Å². The van der Waals surface area contributed by atoms with Crippen LogP contribution in [0.5, 0.6) is 0 Å². The number of fused-ring (bicyclic) bond motifs is 1. The number of rotatable bonds is 4. The van der Waals surface area contributed by atoms with Gasteiger partial charge in [0.15, 0.2) is 5.82 Å². The third kappa shape index (κ3) is 2.52. The zero-order valence-corrected chi connectivity index (χ0v) is 11.8. The molecule has 1 aromatic heterocycles. The van der Waals surface area contributed by atoms with Crippen LogP contribution in [0.15, 0.2) is 12.1 Å². The van der Waals surface area contributed by atoms with Crippen molar-refractivity contribution in [2.75, 3.05) is 18.1 Å². The van der Waals surface area contributed by atoms with E-state index in [4.69, 9.17) is 4.74 Å². The molecule has 3 aliphatic rings. The Balaban J connectivity index is 1.44. The average molecular weight is 274 g/mol. The Kier molecular flexibility index (Phi) is 3.32. The lowest BCUT2D eigenvalue weighted by Gasteiger charge is -2.38. The first-order valence-electron chi connectivity index (χ1n) is 7.84. The zero-order chi connectivity index (χ0) is 13.4. The molecule has 108 valence electrons. The van der Waals surface area contributed by atoms with Gasteiger partial charge in [-0.1, -0.05) is 0 Å². The maximum absolute atomic E-state index is 5.85. The maximum atomic E-state index is 5.85. The smallest absolute Gasteiger partial charge is 0.151 e. The van der Waals surface area contributed by atoms with Crippen molar-refractivity contribution in [2.24, 2.45) is 0 Å². The number of nitrogens with zero attached hydrogens (tertiary/aromatic N) is 3. The van der Waals surface area contributed by atoms with Gasteiger partial charge in [0.05, 0.1) is 24.4 Å². The van der Waals surface area contributed by atoms with E-state index >= 15 is 0 Å². The summed E-state index contributed by atoms with van der Waals surface area (Å²) < 4.78 is 5.85. The van der Waals surface area contributed by atoms with Crippen molar-refractivity contribution in [1.82, 2.24) is 15.5 Å². The summed E-state index contributed by atoms with van der Waals surface area (Å²) in [5, 5.41) is 12.3. The number of hydrogen-bond acceptors (Lipinski definition) is 5. The van der Waals surface area contributed by atoms with Crippen molar-refractivity contribution in [3.05, 3.63) is 17.8 Å². The van der Waals surface area contributed by atoms with Crippen molar-refractivity contribution >= 4 is 5.82 Å². The van der Waals surface area contributed by atoms with Crippen LogP contribution < -0.4 is 10.2 Å². The molecule has 2 atom stereocenters. The van der Waals surface area contributed by atoms with Crippen LogP contribution in [0.4, 0.5) is 5.82 Å². The van der Waals surface area contributed by atoms with Gasteiger partial charge < -0.3 is 15.0 Å². The van der Waals surface area contributed by atoms with Crippen molar-refractivity contribution in [2.45, 2.75) is 56.8 Å². The minimum Gasteiger partial charge on any atom is -0.374 e. The Hall–Kier alpha value is -1.20. The Morgan fingerprint density at radius 2 is 2.15 bits per heavy atom. The highest BCUT2D eigenvalue weighted by atomic mass is 16.5. The minimum absolute atomic E-state index is 0.404. The molecule has 20 heavy (non-hydrogen) atoms. The van der Waals surface area contributed by atoms with Gasteiger partial charge in [0.2, 0.25) is 0 Å². The highest BCUT2D eigenvalue weighted by molar-refractivity contribution is 5.40. The molecule has 1 aromatic rings. The predicted octanol–water partition coefficient (Wildman–Crippen LogP) is 1.49. The summed E-state index contributed by atoms with van der Waals surface area (Å²) in [5.41, 5.74) is 1.04. The van der Waals surface area contributed by atoms with Crippen LogP contribution in [0.1, 0.15) is 37.8 Å². The van der Waals surface area contributed by atoms with Gasteiger partial charge in [0.1, 0.15) is 0 Å². The van der Waals surface area contributed by atoms with Crippen LogP contribution in [-0.2, 0) is 11.3 Å². The Morgan fingerprint density at radius 1 is 1.20 bits per heavy atom. The first-order valence-corrected chi connectivity index (χ1v) is 7.84. The molecule has 0 aromatic carbocycles. The van der Waals surface area contributed by atoms with Gasteiger partial charge in [-0.05, 0) is 44.2 Å². The molecule has 5 heteroatoms. The summed E-state index contributed by atoms with van der Waals surface area (Å²) >= 11 is 0. The largest absolute Gasteiger partial charge is 0.374 e. The fourth-order valence-corrected chi connectivity index (χ4v) is 3.35. The highest BCUT2D eigenvalue weighted by Crippen LogP contribution is 2.32. The third-order valence-electron chi connectivity index (χ3n) is 4.63. The second-order valence-corrected chi connectivity index (χ2v) is 6.14. The van der Waals surface area contributed by atoms with Crippen molar-refractivity contribution in [3.63, 3.8) is 0 Å². The molecule has 2 saturated carbocycles. The van der Waals surface area contributed by atoms with Crippen LogP contribution in [0, 0.1) is 0 Å². The lowest BCUT2D eigenvalue weighted by molar-refractivity contribution is 0.0252. The number of anilines is 1. The van der Waals surface area contributed by atoms with Crippen LogP contribution in [0.25, 0.3) is 0 Å². The Bertz CT molecular complexity index is 459. The molecule has 2 unspecified atom stereocenters. The fraction of sp³-hybridized carbons (Fsp3) is 0.733. The number of morpholine rings is 1. The molecule has 3 fully saturated rings. The first kappa shape index (κ1) is 12.5. The molecule has 0 bridgehead atoms. The summed E-state index contributed by atoms with van der Waals surface area (Å²) in [7, 11) is 0. The molecule has 1 aliphatic heterocycles. The fourth-order valence-electron chi connectivity index (χ4n) is 3.35. The van der Waals surface area contributed by atoms with Gasteiger partial charge in [-0.15, -0.1) is 5.10 Å². The molecular formula is C15H22N4O. The molecule has 2 aliphatic carbocycles. The van der Waals surface area contributed by atoms with E-state index in [-0.39, 0.29) is 0 Å². The van der Waals surface area contributed by atoms with Crippen molar-refractivity contribution < 1.29 is 4.74 Å². The van der Waals surface area contributed by atoms with E-state index in [1.165, 1.54) is 32.1 Å². The zero-order valence-electron chi connectivity index (χ0n) is 11.8. The molecule has 1 N–H and O–H groups in total. The van der Waals surface area contributed by atoms with Crippen molar-refractivity contribution in [3.8, 4) is 0 Å². The third-order valence-corrected chi connectivity index (χ3v) is 4.63. The molecule has 0 amide bonds. The number of nitrogens with one attached hydrogen (secondary N) is 1. The number of ether oxygens (including phenoxy) is 1. The van der Waals surface area contributed by atoms with Crippen molar-refractivity contribution in [1.29, 1.82) is 0 Å². The van der Waals surface area contributed by atoms with Gasteiger partial charge in [-0.3, -0.25) is 0 Å². The van der Waals surface area contributed by atoms with E-state index in [1.54, 1.807) is 0 Å². The molecule has 4 rings (SSSR count). The summed E-state index contributed by atoms with van der Waals surface area (Å²) in [6.07, 6.45) is 6.70. The van der Waals surface area contributed by atoms with E-state index < -0.39 is 0 Å². The Morgan fingerprint density at radius 3 is 2.95 bits per heavy atom. The summed E-state index contributed by atoms with van der Waals surface area (Å²) in [6, 6.07) is 5.46. The lowest BCUT2D eigenvalue weighted by Crippen LogP contribution is -2.49. The van der Waals surface area contributed by atoms with E-state index in [1.807, 2.05) is 0 Å². The molecule has 2 heterocycles. The van der Waals surface area contributed by atoms with Gasteiger partial charge in [-0.2, -0.15) is 5.10 Å². The molecule has 1 saturated heterocycles. The molecule has 0 radical (unpaired) electrons. The van der Waals surface area contributed by atoms with Crippen LogP contribution in [0.2, 0.25) is 0 Å².